The topological polar surface area (TPSA) is 53.1 Å². The first-order valence-electron chi connectivity index (χ1n) is 5.92. The molecule has 0 amide bonds. The van der Waals surface area contributed by atoms with Crippen molar-refractivity contribution in [2.75, 3.05) is 6.61 Å². The van der Waals surface area contributed by atoms with Gasteiger partial charge >= 0.3 is 0 Å². The van der Waals surface area contributed by atoms with Gasteiger partial charge in [0.15, 0.2) is 11.6 Å². The first kappa shape index (κ1) is 14.0. The summed E-state index contributed by atoms with van der Waals surface area (Å²) in [6.07, 6.45) is 0. The third kappa shape index (κ3) is 2.64. The van der Waals surface area contributed by atoms with Crippen LogP contribution < -0.4 is 10.5 Å². The maximum absolute atomic E-state index is 13.8. The van der Waals surface area contributed by atoms with Crippen molar-refractivity contribution in [3.8, 4) is 17.0 Å². The average Bonchev–Trinajstić information content (AvgIpc) is 2.67. The second-order valence-electron chi connectivity index (χ2n) is 4.02. The van der Waals surface area contributed by atoms with E-state index < -0.39 is 5.82 Å². The van der Waals surface area contributed by atoms with Crippen LogP contribution in [0.4, 0.5) is 4.39 Å². The van der Waals surface area contributed by atoms with Crippen LogP contribution >= 0.6 is 15.9 Å². The lowest BCUT2D eigenvalue weighted by molar-refractivity contribution is 0.321. The van der Waals surface area contributed by atoms with Crippen molar-refractivity contribution in [3.05, 3.63) is 34.2 Å². The van der Waals surface area contributed by atoms with Gasteiger partial charge in [-0.3, -0.25) is 4.68 Å². The fraction of sp³-hybridized carbons (Fsp3) is 0.308. The Morgan fingerprint density at radius 1 is 1.47 bits per heavy atom. The largest absolute Gasteiger partial charge is 0.491 e. The van der Waals surface area contributed by atoms with Gasteiger partial charge in [-0.25, -0.2) is 4.39 Å². The van der Waals surface area contributed by atoms with Crippen LogP contribution in [-0.2, 0) is 13.6 Å². The molecule has 2 aromatic rings. The minimum absolute atomic E-state index is 0.248. The Bertz CT molecular complexity index is 598. The molecule has 1 heterocycles. The van der Waals surface area contributed by atoms with Crippen LogP contribution in [0.2, 0.25) is 0 Å². The van der Waals surface area contributed by atoms with Crippen molar-refractivity contribution >= 4 is 15.9 Å². The summed E-state index contributed by atoms with van der Waals surface area (Å²) in [6.45, 7) is 2.61. The summed E-state index contributed by atoms with van der Waals surface area (Å²) in [6, 6.07) is 4.80. The molecule has 1 aromatic heterocycles. The molecule has 0 aliphatic carbocycles. The second kappa shape index (κ2) is 5.71. The van der Waals surface area contributed by atoms with E-state index in [0.29, 0.717) is 24.4 Å². The lowest BCUT2D eigenvalue weighted by Crippen LogP contribution is -2.04. The zero-order chi connectivity index (χ0) is 14.0. The number of nitrogens with two attached hydrogens (primary N) is 1. The lowest BCUT2D eigenvalue weighted by Gasteiger charge is -2.05. The second-order valence-corrected chi connectivity index (χ2v) is 4.81. The van der Waals surface area contributed by atoms with E-state index >= 15 is 0 Å². The number of halogens is 2. The molecule has 0 spiro atoms. The van der Waals surface area contributed by atoms with E-state index in [1.807, 2.05) is 6.92 Å². The number of rotatable bonds is 4. The Morgan fingerprint density at radius 3 is 2.74 bits per heavy atom. The third-order valence-corrected chi connectivity index (χ3v) is 3.63. The quantitative estimate of drug-likeness (QED) is 0.939. The van der Waals surface area contributed by atoms with Gasteiger partial charge < -0.3 is 10.5 Å². The van der Waals surface area contributed by atoms with Gasteiger partial charge in [-0.05, 0) is 41.1 Å². The minimum atomic E-state index is -0.397. The molecule has 2 rings (SSSR count). The van der Waals surface area contributed by atoms with Crippen molar-refractivity contribution in [1.82, 2.24) is 9.78 Å². The standard InChI is InChI=1S/C13H15BrFN3O/c1-3-19-11-5-4-8(6-9(11)15)13-12(14)10(7-16)18(2)17-13/h4-6H,3,7,16H2,1-2H3. The number of hydrogen-bond acceptors (Lipinski definition) is 3. The van der Waals surface area contributed by atoms with Crippen molar-refractivity contribution in [2.24, 2.45) is 12.8 Å². The molecule has 0 aliphatic heterocycles. The van der Waals surface area contributed by atoms with Gasteiger partial charge in [0.1, 0.15) is 5.69 Å². The number of nitrogens with zero attached hydrogens (tertiary/aromatic N) is 2. The normalized spacial score (nSPS) is 10.8. The highest BCUT2D eigenvalue weighted by Crippen LogP contribution is 2.32. The zero-order valence-electron chi connectivity index (χ0n) is 10.8. The van der Waals surface area contributed by atoms with Gasteiger partial charge in [-0.15, -0.1) is 0 Å². The van der Waals surface area contributed by atoms with E-state index in [9.17, 15) is 4.39 Å². The average molecular weight is 328 g/mol. The highest BCUT2D eigenvalue weighted by atomic mass is 79.9. The monoisotopic (exact) mass is 327 g/mol. The van der Waals surface area contributed by atoms with E-state index in [1.54, 1.807) is 23.9 Å². The zero-order valence-corrected chi connectivity index (χ0v) is 12.4. The van der Waals surface area contributed by atoms with Crippen molar-refractivity contribution in [3.63, 3.8) is 0 Å². The Hall–Kier alpha value is -1.40. The van der Waals surface area contributed by atoms with E-state index in [1.165, 1.54) is 6.07 Å². The summed E-state index contributed by atoms with van der Waals surface area (Å²) in [5, 5.41) is 4.35. The molecule has 102 valence electrons. The fourth-order valence-corrected chi connectivity index (χ4v) is 2.59. The maximum atomic E-state index is 13.8. The predicted molar refractivity (Wildman–Crippen MR) is 75.4 cm³/mol. The summed E-state index contributed by atoms with van der Waals surface area (Å²) in [5.74, 6) is -0.149. The summed E-state index contributed by atoms with van der Waals surface area (Å²) < 4.78 is 21.5. The highest BCUT2D eigenvalue weighted by molar-refractivity contribution is 9.10. The Morgan fingerprint density at radius 2 is 2.21 bits per heavy atom. The number of benzene rings is 1. The molecular weight excluding hydrogens is 313 g/mol. The Balaban J connectivity index is 2.45. The molecule has 0 unspecified atom stereocenters. The van der Waals surface area contributed by atoms with Gasteiger partial charge in [-0.1, -0.05) is 0 Å². The van der Waals surface area contributed by atoms with Crippen LogP contribution in [0.15, 0.2) is 22.7 Å². The molecule has 19 heavy (non-hydrogen) atoms. The third-order valence-electron chi connectivity index (χ3n) is 2.80. The van der Waals surface area contributed by atoms with Gasteiger partial charge in [0, 0.05) is 19.2 Å². The summed E-state index contributed by atoms with van der Waals surface area (Å²) in [7, 11) is 1.81. The summed E-state index contributed by atoms with van der Waals surface area (Å²) in [5.41, 5.74) is 7.87. The number of ether oxygens (including phenoxy) is 1. The molecule has 0 atom stereocenters. The van der Waals surface area contributed by atoms with Crippen LogP contribution in [0.5, 0.6) is 5.75 Å². The van der Waals surface area contributed by atoms with Crippen LogP contribution in [0.1, 0.15) is 12.6 Å². The van der Waals surface area contributed by atoms with Crippen LogP contribution in [-0.4, -0.2) is 16.4 Å². The van der Waals surface area contributed by atoms with Gasteiger partial charge in [0.05, 0.1) is 16.8 Å². The number of aryl methyl sites for hydroxylation is 1. The van der Waals surface area contributed by atoms with Gasteiger partial charge in [0.25, 0.3) is 0 Å². The van der Waals surface area contributed by atoms with E-state index in [2.05, 4.69) is 21.0 Å². The smallest absolute Gasteiger partial charge is 0.165 e. The van der Waals surface area contributed by atoms with Gasteiger partial charge in [-0.2, -0.15) is 5.10 Å². The minimum Gasteiger partial charge on any atom is -0.491 e. The maximum Gasteiger partial charge on any atom is 0.165 e. The number of hydrogen-bond donors (Lipinski definition) is 1. The van der Waals surface area contributed by atoms with Crippen LogP contribution in [0.25, 0.3) is 11.3 Å². The molecular formula is C13H15BrFN3O. The van der Waals surface area contributed by atoms with E-state index in [-0.39, 0.29) is 5.75 Å². The summed E-state index contributed by atoms with van der Waals surface area (Å²) >= 11 is 3.46. The molecule has 0 fully saturated rings. The highest BCUT2D eigenvalue weighted by Gasteiger charge is 2.15. The first-order chi connectivity index (χ1) is 9.08. The molecule has 0 radical (unpaired) electrons. The van der Waals surface area contributed by atoms with Gasteiger partial charge in [0.2, 0.25) is 0 Å². The fourth-order valence-electron chi connectivity index (χ4n) is 1.86. The molecule has 6 heteroatoms. The van der Waals surface area contributed by atoms with Crippen molar-refractivity contribution < 1.29 is 9.13 Å². The number of aromatic nitrogens is 2. The van der Waals surface area contributed by atoms with E-state index in [0.717, 1.165) is 10.2 Å². The van der Waals surface area contributed by atoms with Crippen LogP contribution in [0.3, 0.4) is 0 Å². The predicted octanol–water partition coefficient (Wildman–Crippen LogP) is 2.85. The summed E-state index contributed by atoms with van der Waals surface area (Å²) in [4.78, 5) is 0. The molecule has 0 bridgehead atoms. The Labute approximate surface area is 119 Å². The molecule has 0 saturated carbocycles. The van der Waals surface area contributed by atoms with Crippen LogP contribution in [0, 0.1) is 5.82 Å². The lowest BCUT2D eigenvalue weighted by atomic mass is 10.1. The molecule has 0 saturated heterocycles. The molecule has 1 aromatic carbocycles. The van der Waals surface area contributed by atoms with E-state index in [4.69, 9.17) is 10.5 Å². The first-order valence-corrected chi connectivity index (χ1v) is 6.72. The van der Waals surface area contributed by atoms with Crippen molar-refractivity contribution in [1.29, 1.82) is 0 Å². The molecule has 2 N–H and O–H groups in total. The Kier molecular flexibility index (Phi) is 4.21. The molecule has 4 nitrogen and oxygen atoms in total. The molecule has 0 aliphatic rings. The SMILES string of the molecule is CCOc1ccc(-c2nn(C)c(CN)c2Br)cc1F. The van der Waals surface area contributed by atoms with Crippen molar-refractivity contribution in [2.45, 2.75) is 13.5 Å².